The lowest BCUT2D eigenvalue weighted by atomic mass is 10.0. The SMILES string of the molecule is N#Cc1ccc(-c2cccc(-n3c4ccccc4c4ccccc43)c2)cn1.N#Cc1cccc(-c2cccc(-n3c4ccccc4c4ccccc43)c2)n1.N#Cc1cncc(-c2cccc(-n3c4ccccc4c4ccccc43)c2)c1.N#Cc1ncccc1-c1cccc(-n2c3ccccc3c3ccccc32)c1. The highest BCUT2D eigenvalue weighted by molar-refractivity contribution is 6.12. The molecule has 0 bridgehead atoms. The number of nitriles is 4. The maximum atomic E-state index is 9.40. The topological polar surface area (TPSA) is 166 Å². The van der Waals surface area contributed by atoms with E-state index in [1.807, 2.05) is 66.7 Å². The largest absolute Gasteiger partial charge is 0.309 e. The van der Waals surface area contributed by atoms with E-state index in [1.54, 1.807) is 36.9 Å². The van der Waals surface area contributed by atoms with Crippen LogP contribution in [0.3, 0.4) is 0 Å². The van der Waals surface area contributed by atoms with Crippen molar-refractivity contribution in [2.75, 3.05) is 0 Å². The quantitative estimate of drug-likeness (QED) is 0.145. The average Bonchev–Trinajstić information content (AvgIpc) is 1.62. The molecule has 0 fully saturated rings. The molecule has 0 N–H and O–H groups in total. The number of aromatic nitrogens is 8. The van der Waals surface area contributed by atoms with Gasteiger partial charge in [-0.1, -0.05) is 200 Å². The molecule has 0 saturated carbocycles. The number of fused-ring (bicyclic) bond motifs is 12. The second-order valence-corrected chi connectivity index (χ2v) is 25.8. The van der Waals surface area contributed by atoms with Crippen molar-refractivity contribution in [2.45, 2.75) is 0 Å². The molecule has 0 saturated heterocycles. The number of pyridine rings is 4. The molecule has 0 atom stereocenters. The summed E-state index contributed by atoms with van der Waals surface area (Å²) < 4.78 is 9.14. The normalized spacial score (nSPS) is 10.9. The van der Waals surface area contributed by atoms with Gasteiger partial charge in [0.1, 0.15) is 41.4 Å². The van der Waals surface area contributed by atoms with Gasteiger partial charge in [0.05, 0.1) is 55.4 Å². The second-order valence-electron chi connectivity index (χ2n) is 25.8. The van der Waals surface area contributed by atoms with E-state index < -0.39 is 0 Å². The van der Waals surface area contributed by atoms with E-state index in [-0.39, 0.29) is 0 Å². The first-order valence-corrected chi connectivity index (χ1v) is 35.2. The number of hydrogen-bond acceptors (Lipinski definition) is 8. The van der Waals surface area contributed by atoms with Gasteiger partial charge in [0.2, 0.25) is 0 Å². The van der Waals surface area contributed by atoms with Crippen LogP contribution in [0, 0.1) is 45.3 Å². The van der Waals surface area contributed by atoms with Crippen LogP contribution in [0.15, 0.2) is 365 Å². The van der Waals surface area contributed by atoms with Gasteiger partial charge in [0.25, 0.3) is 0 Å². The molecular weight excluding hydrogens is 1320 g/mol. The lowest BCUT2D eigenvalue weighted by Crippen LogP contribution is -1.95. The molecule has 0 aliphatic rings. The molecule has 0 unspecified atom stereocenters. The van der Waals surface area contributed by atoms with Crippen molar-refractivity contribution in [3.8, 4) is 91.7 Å². The van der Waals surface area contributed by atoms with E-state index in [0.717, 1.165) is 67.4 Å². The Morgan fingerprint density at radius 1 is 0.241 bits per heavy atom. The Labute approximate surface area is 621 Å². The summed E-state index contributed by atoms with van der Waals surface area (Å²) in [5.41, 5.74) is 23.3. The fourth-order valence-electron chi connectivity index (χ4n) is 14.7. The molecule has 20 aromatic rings. The van der Waals surface area contributed by atoms with Crippen molar-refractivity contribution in [3.05, 3.63) is 387 Å². The van der Waals surface area contributed by atoms with Crippen molar-refractivity contribution >= 4 is 87.2 Å². The van der Waals surface area contributed by atoms with Gasteiger partial charge in [0.15, 0.2) is 0 Å². The zero-order valence-electron chi connectivity index (χ0n) is 58.0. The van der Waals surface area contributed by atoms with E-state index in [9.17, 15) is 5.26 Å². The third-order valence-corrected chi connectivity index (χ3v) is 19.5. The van der Waals surface area contributed by atoms with Crippen LogP contribution in [0.5, 0.6) is 0 Å². The monoisotopic (exact) mass is 1380 g/mol. The molecule has 0 amide bonds. The van der Waals surface area contributed by atoms with Crippen LogP contribution >= 0.6 is 0 Å². The fraction of sp³-hybridized carbons (Fsp3) is 0. The van der Waals surface area contributed by atoms with Gasteiger partial charge in [-0.25, -0.2) is 15.0 Å². The molecular formula is C96H60N12. The van der Waals surface area contributed by atoms with E-state index >= 15 is 0 Å². The zero-order valence-corrected chi connectivity index (χ0v) is 58.0. The second kappa shape index (κ2) is 29.0. The number of rotatable bonds is 8. The lowest BCUT2D eigenvalue weighted by Gasteiger charge is -2.10. The van der Waals surface area contributed by atoms with Crippen molar-refractivity contribution in [1.29, 1.82) is 21.0 Å². The van der Waals surface area contributed by atoms with Gasteiger partial charge in [-0.2, -0.15) is 21.0 Å². The number of benzene rings is 12. The standard InChI is InChI=1S/4C24H15N3/c25-16-18-8-6-12-22(26-18)17-7-5-9-19(15-17)27-23-13-3-1-10-20(23)21-11-2-4-14-24(21)27;25-16-22-19(11-6-14-26-22)17-7-5-8-18(15-17)27-23-12-3-1-9-20(23)21-10-2-4-13-24(21)27;25-14-17-12-19(16-26-15-17)18-6-5-7-20(13-18)27-23-10-3-1-8-21(23)22-9-2-4-11-24(22)27;25-15-19-13-12-18(16-26-19)17-6-5-7-20(14-17)27-23-10-3-1-8-21(23)22-9-2-4-11-24(22)27/h2*1-15H;1-13,15-16H;1-14,16H. The first-order chi connectivity index (χ1) is 53.4. The minimum atomic E-state index is 0.426. The molecule has 8 aromatic heterocycles. The van der Waals surface area contributed by atoms with E-state index in [2.05, 4.69) is 323 Å². The summed E-state index contributed by atoms with van der Waals surface area (Å²) in [6.45, 7) is 0. The lowest BCUT2D eigenvalue weighted by molar-refractivity contribution is 1.18. The number of hydrogen-bond donors (Lipinski definition) is 0. The summed E-state index contributed by atoms with van der Waals surface area (Å²) in [6.07, 6.45) is 6.79. The van der Waals surface area contributed by atoms with Gasteiger partial charge in [-0.3, -0.25) is 4.98 Å². The molecule has 0 aliphatic heterocycles. The Balaban J connectivity index is 0.000000105. The summed E-state index contributed by atoms with van der Waals surface area (Å²) in [7, 11) is 0. The summed E-state index contributed by atoms with van der Waals surface area (Å²) in [5, 5.41) is 46.6. The van der Waals surface area contributed by atoms with Crippen LogP contribution in [0.1, 0.15) is 22.6 Å². The third kappa shape index (κ3) is 12.4. The van der Waals surface area contributed by atoms with E-state index in [0.29, 0.717) is 22.6 Å². The Kier molecular flexibility index (Phi) is 17.7. The fourth-order valence-corrected chi connectivity index (χ4v) is 14.7. The Hall–Kier alpha value is -15.6. The van der Waals surface area contributed by atoms with Crippen LogP contribution in [-0.4, -0.2) is 38.2 Å². The van der Waals surface area contributed by atoms with Gasteiger partial charge < -0.3 is 18.3 Å². The molecule has 0 radical (unpaired) electrons. The van der Waals surface area contributed by atoms with E-state index in [1.165, 1.54) is 87.2 Å². The number of para-hydroxylation sites is 8. The Morgan fingerprint density at radius 3 is 1.00 bits per heavy atom. The summed E-state index contributed by atoms with van der Waals surface area (Å²) in [6, 6.07) is 124. The van der Waals surface area contributed by atoms with Gasteiger partial charge >= 0.3 is 0 Å². The first-order valence-electron chi connectivity index (χ1n) is 35.2. The van der Waals surface area contributed by atoms with Crippen molar-refractivity contribution in [2.24, 2.45) is 0 Å². The predicted octanol–water partition coefficient (Wildman–Crippen LogP) is 22.9. The van der Waals surface area contributed by atoms with Crippen molar-refractivity contribution in [3.63, 3.8) is 0 Å². The van der Waals surface area contributed by atoms with Crippen LogP contribution in [0.25, 0.3) is 155 Å². The first kappa shape index (κ1) is 65.7. The molecule has 12 heteroatoms. The molecule has 20 rings (SSSR count). The van der Waals surface area contributed by atoms with Crippen molar-refractivity contribution in [1.82, 2.24) is 38.2 Å². The minimum Gasteiger partial charge on any atom is -0.309 e. The van der Waals surface area contributed by atoms with Crippen molar-refractivity contribution < 1.29 is 0 Å². The molecule has 0 spiro atoms. The average molecular weight is 1380 g/mol. The van der Waals surface area contributed by atoms with Gasteiger partial charge in [-0.05, 0) is 156 Å². The van der Waals surface area contributed by atoms with Crippen LogP contribution < -0.4 is 0 Å². The predicted molar refractivity (Wildman–Crippen MR) is 435 cm³/mol. The highest BCUT2D eigenvalue weighted by atomic mass is 15.0. The maximum absolute atomic E-state index is 9.40. The Bertz CT molecular complexity index is 6600. The van der Waals surface area contributed by atoms with E-state index in [4.69, 9.17) is 15.8 Å². The highest BCUT2D eigenvalue weighted by Crippen LogP contribution is 2.39. The van der Waals surface area contributed by atoms with Crippen LogP contribution in [0.2, 0.25) is 0 Å². The molecule has 8 heterocycles. The van der Waals surface area contributed by atoms with Gasteiger partial charge in [0, 0.05) is 113 Å². The zero-order chi connectivity index (χ0) is 72.9. The molecule has 12 aromatic carbocycles. The minimum absolute atomic E-state index is 0.426. The molecule has 12 nitrogen and oxygen atoms in total. The summed E-state index contributed by atoms with van der Waals surface area (Å²) in [4.78, 5) is 17.0. The third-order valence-electron chi connectivity index (χ3n) is 19.5. The van der Waals surface area contributed by atoms with Crippen LogP contribution in [-0.2, 0) is 0 Å². The van der Waals surface area contributed by atoms with Crippen LogP contribution in [0.4, 0.5) is 0 Å². The smallest absolute Gasteiger partial charge is 0.148 e. The number of nitrogens with zero attached hydrogens (tertiary/aromatic N) is 12. The molecule has 0 aliphatic carbocycles. The molecule has 108 heavy (non-hydrogen) atoms. The summed E-state index contributed by atoms with van der Waals surface area (Å²) >= 11 is 0. The highest BCUT2D eigenvalue weighted by Gasteiger charge is 2.18. The Morgan fingerprint density at radius 2 is 0.611 bits per heavy atom. The summed E-state index contributed by atoms with van der Waals surface area (Å²) in [5.74, 6) is 0. The maximum Gasteiger partial charge on any atom is 0.148 e. The van der Waals surface area contributed by atoms with Gasteiger partial charge in [-0.15, -0.1) is 0 Å². The molecule has 504 valence electrons.